The van der Waals surface area contributed by atoms with E-state index in [-0.39, 0.29) is 5.91 Å². The number of thiazole rings is 1. The van der Waals surface area contributed by atoms with Gasteiger partial charge in [-0.05, 0) is 24.5 Å². The third kappa shape index (κ3) is 3.46. The lowest BCUT2D eigenvalue weighted by Crippen LogP contribution is -2.12. The summed E-state index contributed by atoms with van der Waals surface area (Å²) in [7, 11) is 0. The first-order valence-corrected chi connectivity index (χ1v) is 7.62. The lowest BCUT2D eigenvalue weighted by atomic mass is 10.3. The van der Waals surface area contributed by atoms with E-state index in [0.717, 1.165) is 10.2 Å². The summed E-state index contributed by atoms with van der Waals surface area (Å²) in [6, 6.07) is 5.54. The van der Waals surface area contributed by atoms with Crippen molar-refractivity contribution in [2.75, 3.05) is 11.6 Å². The fourth-order valence-corrected chi connectivity index (χ4v) is 2.72. The Balaban J connectivity index is 2.33. The summed E-state index contributed by atoms with van der Waals surface area (Å²) >= 11 is 2.75. The maximum atomic E-state index is 11.0. The number of rotatable bonds is 2. The van der Waals surface area contributed by atoms with Crippen LogP contribution in [0.3, 0.4) is 0 Å². The van der Waals surface area contributed by atoms with E-state index in [4.69, 9.17) is 5.26 Å². The van der Waals surface area contributed by atoms with Crippen molar-refractivity contribution in [1.82, 2.24) is 10.3 Å². The van der Waals surface area contributed by atoms with Gasteiger partial charge in [-0.25, -0.2) is 9.98 Å². The smallest absolute Gasteiger partial charge is 0.223 e. The number of aromatic nitrogens is 1. The van der Waals surface area contributed by atoms with Crippen molar-refractivity contribution in [3.8, 4) is 6.19 Å². The van der Waals surface area contributed by atoms with Crippen LogP contribution in [-0.4, -0.2) is 22.3 Å². The fraction of sp³-hybridized carbons (Fsp3) is 0.167. The Bertz CT molecular complexity index is 716. The van der Waals surface area contributed by atoms with Crippen LogP contribution in [0, 0.1) is 11.5 Å². The minimum Gasteiger partial charge on any atom is -0.302 e. The number of carbonyl (C=O) groups excluding carboxylic acids is 1. The summed E-state index contributed by atoms with van der Waals surface area (Å²) in [6.07, 6.45) is 3.67. The van der Waals surface area contributed by atoms with E-state index in [1.165, 1.54) is 30.0 Å². The number of thioether (sulfide) groups is 1. The number of amidine groups is 1. The van der Waals surface area contributed by atoms with E-state index >= 15 is 0 Å². The summed E-state index contributed by atoms with van der Waals surface area (Å²) in [6.45, 7) is 1.44. The standard InChI is InChI=1S/C12H11N5OS2/c1-7(18)15-12-17-9-5-8(3-4-10(9)20-12)16-11(19-2)14-6-13/h3-5H,1-2H3,(H,14,16)(H,15,17,18). The van der Waals surface area contributed by atoms with E-state index in [0.29, 0.717) is 16.0 Å². The Labute approximate surface area is 123 Å². The zero-order chi connectivity index (χ0) is 14.5. The van der Waals surface area contributed by atoms with Crippen LogP contribution in [0.1, 0.15) is 6.92 Å². The van der Waals surface area contributed by atoms with Gasteiger partial charge in [-0.15, -0.1) is 0 Å². The number of hydrogen-bond acceptors (Lipinski definition) is 6. The SMILES string of the molecule is CSC(=Nc1ccc2sc(NC(C)=O)nc2c1)NC#N. The van der Waals surface area contributed by atoms with Crippen LogP contribution in [0.4, 0.5) is 10.8 Å². The van der Waals surface area contributed by atoms with Crippen LogP contribution in [0.2, 0.25) is 0 Å². The molecule has 0 aliphatic carbocycles. The molecule has 2 aromatic rings. The quantitative estimate of drug-likeness (QED) is 0.385. The summed E-state index contributed by atoms with van der Waals surface area (Å²) in [4.78, 5) is 19.6. The zero-order valence-electron chi connectivity index (χ0n) is 10.8. The number of benzene rings is 1. The molecule has 0 saturated carbocycles. The Morgan fingerprint density at radius 1 is 1.55 bits per heavy atom. The van der Waals surface area contributed by atoms with E-state index in [9.17, 15) is 4.79 Å². The van der Waals surface area contributed by atoms with Crippen LogP contribution < -0.4 is 10.6 Å². The largest absolute Gasteiger partial charge is 0.302 e. The average Bonchev–Trinajstić information content (AvgIpc) is 2.78. The zero-order valence-corrected chi connectivity index (χ0v) is 12.4. The molecule has 0 bridgehead atoms. The van der Waals surface area contributed by atoms with Crippen molar-refractivity contribution in [3.05, 3.63) is 18.2 Å². The molecular formula is C12H11N5OS2. The van der Waals surface area contributed by atoms with E-state index in [1.807, 2.05) is 30.6 Å². The number of carbonyl (C=O) groups is 1. The van der Waals surface area contributed by atoms with Crippen molar-refractivity contribution < 1.29 is 4.79 Å². The molecule has 0 aliphatic rings. The molecule has 8 heteroatoms. The molecule has 0 atom stereocenters. The van der Waals surface area contributed by atoms with Crippen molar-refractivity contribution in [2.24, 2.45) is 4.99 Å². The Morgan fingerprint density at radius 3 is 3.00 bits per heavy atom. The van der Waals surface area contributed by atoms with Gasteiger partial charge in [0.2, 0.25) is 5.91 Å². The first-order chi connectivity index (χ1) is 9.62. The maximum absolute atomic E-state index is 11.0. The lowest BCUT2D eigenvalue weighted by Gasteiger charge is -1.99. The molecule has 1 amide bonds. The van der Waals surface area contributed by atoms with Crippen LogP contribution in [-0.2, 0) is 4.79 Å². The summed E-state index contributed by atoms with van der Waals surface area (Å²) in [5, 5.41) is 14.8. The number of amides is 1. The van der Waals surface area contributed by atoms with Crippen LogP contribution in [0.25, 0.3) is 10.2 Å². The van der Waals surface area contributed by atoms with Crippen LogP contribution in [0.15, 0.2) is 23.2 Å². The Morgan fingerprint density at radius 2 is 2.35 bits per heavy atom. The maximum Gasteiger partial charge on any atom is 0.223 e. The lowest BCUT2D eigenvalue weighted by molar-refractivity contribution is -0.114. The number of nitriles is 1. The molecular weight excluding hydrogens is 294 g/mol. The van der Waals surface area contributed by atoms with Crippen molar-refractivity contribution in [2.45, 2.75) is 6.92 Å². The van der Waals surface area contributed by atoms with E-state index in [1.54, 1.807) is 0 Å². The molecule has 0 fully saturated rings. The van der Waals surface area contributed by atoms with Crippen LogP contribution in [0.5, 0.6) is 0 Å². The van der Waals surface area contributed by atoms with Gasteiger partial charge in [-0.2, -0.15) is 5.26 Å². The highest BCUT2D eigenvalue weighted by Crippen LogP contribution is 2.29. The van der Waals surface area contributed by atoms with E-state index < -0.39 is 0 Å². The molecule has 2 N–H and O–H groups in total. The van der Waals surface area contributed by atoms with Crippen molar-refractivity contribution in [3.63, 3.8) is 0 Å². The molecule has 0 radical (unpaired) electrons. The number of fused-ring (bicyclic) bond motifs is 1. The van der Waals surface area contributed by atoms with Gasteiger partial charge in [0.05, 0.1) is 15.9 Å². The minimum atomic E-state index is -0.148. The molecule has 102 valence electrons. The fourth-order valence-electron chi connectivity index (χ4n) is 1.48. The molecule has 6 nitrogen and oxygen atoms in total. The van der Waals surface area contributed by atoms with Gasteiger partial charge in [0.25, 0.3) is 0 Å². The summed E-state index contributed by atoms with van der Waals surface area (Å²) < 4.78 is 0.964. The average molecular weight is 305 g/mol. The predicted molar refractivity (Wildman–Crippen MR) is 83.3 cm³/mol. The van der Waals surface area contributed by atoms with Gasteiger partial charge in [-0.1, -0.05) is 23.1 Å². The molecule has 20 heavy (non-hydrogen) atoms. The highest BCUT2D eigenvalue weighted by Gasteiger charge is 2.06. The molecule has 1 heterocycles. The second-order valence-corrected chi connectivity index (χ2v) is 5.54. The Kier molecular flexibility index (Phi) is 4.55. The second kappa shape index (κ2) is 6.36. The number of aliphatic imine (C=N–C) groups is 1. The van der Waals surface area contributed by atoms with Gasteiger partial charge in [0.1, 0.15) is 0 Å². The number of anilines is 1. The second-order valence-electron chi connectivity index (χ2n) is 3.71. The van der Waals surface area contributed by atoms with Gasteiger partial charge in [-0.3, -0.25) is 10.1 Å². The monoisotopic (exact) mass is 305 g/mol. The molecule has 0 unspecified atom stereocenters. The molecule has 0 spiro atoms. The molecule has 2 rings (SSSR count). The molecule has 0 saturated heterocycles. The minimum absolute atomic E-state index is 0.148. The highest BCUT2D eigenvalue weighted by atomic mass is 32.2. The number of nitrogens with one attached hydrogen (secondary N) is 2. The van der Waals surface area contributed by atoms with Gasteiger partial charge >= 0.3 is 0 Å². The first kappa shape index (κ1) is 14.3. The van der Waals surface area contributed by atoms with Crippen LogP contribution >= 0.6 is 23.1 Å². The predicted octanol–water partition coefficient (Wildman–Crippen LogP) is 2.68. The van der Waals surface area contributed by atoms with E-state index in [2.05, 4.69) is 20.6 Å². The number of hydrogen-bond donors (Lipinski definition) is 2. The topological polar surface area (TPSA) is 90.2 Å². The molecule has 0 aliphatic heterocycles. The highest BCUT2D eigenvalue weighted by molar-refractivity contribution is 8.13. The third-order valence-electron chi connectivity index (χ3n) is 2.24. The molecule has 1 aromatic heterocycles. The third-order valence-corrected chi connectivity index (χ3v) is 3.77. The number of nitrogens with zero attached hydrogens (tertiary/aromatic N) is 3. The first-order valence-electron chi connectivity index (χ1n) is 5.58. The molecule has 1 aromatic carbocycles. The normalized spacial score (nSPS) is 11.2. The van der Waals surface area contributed by atoms with Crippen molar-refractivity contribution in [1.29, 1.82) is 5.26 Å². The van der Waals surface area contributed by atoms with Crippen molar-refractivity contribution >= 4 is 55.2 Å². The Hall–Kier alpha value is -2.11. The van der Waals surface area contributed by atoms with Gasteiger partial charge < -0.3 is 5.32 Å². The summed E-state index contributed by atoms with van der Waals surface area (Å²) in [5.74, 6) is -0.148. The van der Waals surface area contributed by atoms with Gasteiger partial charge in [0.15, 0.2) is 16.5 Å². The summed E-state index contributed by atoms with van der Waals surface area (Å²) in [5.41, 5.74) is 1.46. The van der Waals surface area contributed by atoms with Gasteiger partial charge in [0, 0.05) is 6.92 Å².